The van der Waals surface area contributed by atoms with Crippen molar-refractivity contribution in [3.05, 3.63) is 0 Å². The van der Waals surface area contributed by atoms with Gasteiger partial charge in [-0.05, 0) is 116 Å². The number of ether oxygens (including phenoxy) is 4. The molecule has 2 fully saturated rings. The molecule has 10 heteroatoms. The Morgan fingerprint density at radius 1 is 0.514 bits per heavy atom. The second-order valence-corrected chi connectivity index (χ2v) is 23.1. The van der Waals surface area contributed by atoms with E-state index in [4.69, 9.17) is 18.9 Å². The van der Waals surface area contributed by atoms with Gasteiger partial charge in [-0.1, -0.05) is 188 Å². The lowest BCUT2D eigenvalue weighted by Crippen LogP contribution is -2.38. The van der Waals surface area contributed by atoms with E-state index in [0.29, 0.717) is 39.0 Å². The lowest BCUT2D eigenvalue weighted by molar-refractivity contribution is -0.154. The van der Waals surface area contributed by atoms with Crippen LogP contribution in [0.3, 0.4) is 0 Å². The maximum atomic E-state index is 13.6. The molecular weight excluding hydrogens is 901 g/mol. The Bertz CT molecular complexity index is 1310. The first kappa shape index (κ1) is 65.9. The van der Waals surface area contributed by atoms with Gasteiger partial charge in [-0.25, -0.2) is 0 Å². The monoisotopic (exact) mass is 1020 g/mol. The Morgan fingerprint density at radius 2 is 1.03 bits per heavy atom. The van der Waals surface area contributed by atoms with Crippen LogP contribution in [0.25, 0.3) is 0 Å². The van der Waals surface area contributed by atoms with E-state index >= 15 is 0 Å². The molecule has 0 unspecified atom stereocenters. The minimum Gasteiger partial charge on any atom is -0.465 e. The van der Waals surface area contributed by atoms with Crippen LogP contribution in [0.4, 0.5) is 0 Å². The summed E-state index contributed by atoms with van der Waals surface area (Å²) in [6.45, 7) is 18.1. The van der Waals surface area contributed by atoms with Gasteiger partial charge in [0.25, 0.3) is 0 Å². The zero-order valence-corrected chi connectivity index (χ0v) is 48.2. The van der Waals surface area contributed by atoms with Gasteiger partial charge in [0.15, 0.2) is 0 Å². The second kappa shape index (κ2) is 44.0. The minimum atomic E-state index is -0.506. The summed E-state index contributed by atoms with van der Waals surface area (Å²) < 4.78 is 23.8. The molecule has 0 aromatic heterocycles. The molecule has 2 atom stereocenters. The Hall–Kier alpha value is -2.20. The molecule has 2 saturated heterocycles. The highest BCUT2D eigenvalue weighted by molar-refractivity contribution is 5.77. The number of nitrogens with zero attached hydrogens (tertiary/aromatic N) is 2. The molecule has 10 nitrogen and oxygen atoms in total. The highest BCUT2D eigenvalue weighted by Crippen LogP contribution is 2.29. The zero-order chi connectivity index (χ0) is 52.3. The number of carbonyl (C=O) groups is 4. The van der Waals surface area contributed by atoms with Crippen molar-refractivity contribution < 1.29 is 38.1 Å². The molecule has 0 spiro atoms. The smallest absolute Gasteiger partial charge is 0.323 e. The van der Waals surface area contributed by atoms with Crippen molar-refractivity contribution in [2.75, 3.05) is 45.9 Å². The van der Waals surface area contributed by atoms with Crippen LogP contribution in [-0.4, -0.2) is 97.9 Å². The number of likely N-dealkylation sites (tertiary alicyclic amines) is 2. The van der Waals surface area contributed by atoms with Gasteiger partial charge >= 0.3 is 23.9 Å². The Morgan fingerprint density at radius 3 is 1.67 bits per heavy atom. The van der Waals surface area contributed by atoms with E-state index in [1.54, 1.807) is 0 Å². The number of rotatable bonds is 48. The normalized spacial score (nSPS) is 16.7. The zero-order valence-electron chi connectivity index (χ0n) is 48.2. The van der Waals surface area contributed by atoms with Crippen LogP contribution >= 0.6 is 0 Å². The summed E-state index contributed by atoms with van der Waals surface area (Å²) in [5.41, 5.74) is -0.506. The van der Waals surface area contributed by atoms with Gasteiger partial charge in [-0.3, -0.25) is 24.1 Å². The van der Waals surface area contributed by atoms with Crippen molar-refractivity contribution in [1.82, 2.24) is 9.80 Å². The predicted octanol–water partition coefficient (Wildman–Crippen LogP) is 16.2. The topological polar surface area (TPSA) is 112 Å². The average molecular weight is 1020 g/mol. The van der Waals surface area contributed by atoms with E-state index in [1.807, 2.05) is 13.8 Å². The van der Waals surface area contributed by atoms with Crippen LogP contribution in [0.5, 0.6) is 0 Å². The molecule has 2 aliphatic heterocycles. The van der Waals surface area contributed by atoms with Crippen LogP contribution in [-0.2, 0) is 38.1 Å². The van der Waals surface area contributed by atoms with Gasteiger partial charge in [0, 0.05) is 25.9 Å². The Balaban J connectivity index is 1.75. The van der Waals surface area contributed by atoms with Crippen molar-refractivity contribution in [3.63, 3.8) is 0 Å². The first-order valence-electron chi connectivity index (χ1n) is 31.2. The molecule has 0 radical (unpaired) electrons. The molecule has 0 bridgehead atoms. The molecule has 0 aromatic carbocycles. The molecule has 2 rings (SSSR count). The fraction of sp³-hybridized carbons (Fsp3) is 0.935. The van der Waals surface area contributed by atoms with Gasteiger partial charge < -0.3 is 23.8 Å². The molecule has 0 aromatic rings. The van der Waals surface area contributed by atoms with Crippen LogP contribution in [0.15, 0.2) is 0 Å². The molecule has 0 aliphatic carbocycles. The maximum Gasteiger partial charge on any atom is 0.323 e. The number of unbranched alkanes of at least 4 members (excludes halogenated alkanes) is 21. The molecule has 0 amide bonds. The minimum absolute atomic E-state index is 0.0426. The van der Waals surface area contributed by atoms with Crippen LogP contribution < -0.4 is 0 Å². The van der Waals surface area contributed by atoms with E-state index < -0.39 is 11.5 Å². The average Bonchev–Trinajstić information content (AvgIpc) is 3.78. The number of hydrogen-bond donors (Lipinski definition) is 0. The van der Waals surface area contributed by atoms with Crippen molar-refractivity contribution in [2.24, 2.45) is 11.3 Å². The van der Waals surface area contributed by atoms with Gasteiger partial charge in [0.05, 0.1) is 25.0 Å². The van der Waals surface area contributed by atoms with E-state index in [-0.39, 0.29) is 36.1 Å². The summed E-state index contributed by atoms with van der Waals surface area (Å²) in [6.07, 6.45) is 43.4. The fourth-order valence-electron chi connectivity index (χ4n) is 11.0. The largest absolute Gasteiger partial charge is 0.465 e. The first-order chi connectivity index (χ1) is 35.0. The second-order valence-electron chi connectivity index (χ2n) is 23.1. The van der Waals surface area contributed by atoms with Crippen LogP contribution in [0.2, 0.25) is 0 Å². The third-order valence-corrected chi connectivity index (χ3v) is 15.8. The fourth-order valence-corrected chi connectivity index (χ4v) is 11.0. The van der Waals surface area contributed by atoms with Gasteiger partial charge in [-0.15, -0.1) is 0 Å². The number of carbonyl (C=O) groups excluding carboxylic acids is 4. The lowest BCUT2D eigenvalue weighted by atomic mass is 9.87. The Kier molecular flexibility index (Phi) is 40.3. The predicted molar refractivity (Wildman–Crippen MR) is 298 cm³/mol. The van der Waals surface area contributed by atoms with Gasteiger partial charge in [-0.2, -0.15) is 0 Å². The van der Waals surface area contributed by atoms with Gasteiger partial charge in [0.2, 0.25) is 0 Å². The van der Waals surface area contributed by atoms with E-state index in [2.05, 4.69) is 37.5 Å². The molecular formula is C62H116N2O8. The van der Waals surface area contributed by atoms with Crippen LogP contribution in [0, 0.1) is 11.3 Å². The molecule has 2 aliphatic rings. The highest BCUT2D eigenvalue weighted by atomic mass is 16.6. The van der Waals surface area contributed by atoms with Crippen molar-refractivity contribution in [3.8, 4) is 0 Å². The number of piperidine rings is 1. The maximum absolute atomic E-state index is 13.6. The summed E-state index contributed by atoms with van der Waals surface area (Å²) in [6, 6.07) is -0.418. The SMILES string of the molecule is CCCCCCCCC(CCCCCCCC)OC(=O)CCCCCCCOC(=O)[C@@H]1C[C@H](OC(=O)CCN2CCCCC2)CN1CCCCCCC(C)(C)C(=O)OCCCC(CCCCC)CCCCC. The molecule has 2 heterocycles. The standard InChI is InChI=1S/C62H116N2O8/c1-7-11-15-17-20-29-41-55(42-30-21-18-16-12-8-2)71-58(65)43-31-22-19-25-36-50-69-60(67)57-52-56(72-59(66)44-49-63-46-33-26-34-47-63)53-64(57)48-35-24-23-32-45-62(5,6)61(68)70-51-37-40-54(38-27-13-9-3)39-28-14-10-4/h54-57H,7-53H2,1-6H3/t56-,57-/m0/s1. The number of hydrogen-bond acceptors (Lipinski definition) is 10. The lowest BCUT2D eigenvalue weighted by Gasteiger charge is -2.26. The molecule has 0 saturated carbocycles. The molecule has 422 valence electrons. The quantitative estimate of drug-likeness (QED) is 0.0332. The summed E-state index contributed by atoms with van der Waals surface area (Å²) in [4.78, 5) is 57.1. The summed E-state index contributed by atoms with van der Waals surface area (Å²) >= 11 is 0. The first-order valence-corrected chi connectivity index (χ1v) is 31.2. The summed E-state index contributed by atoms with van der Waals surface area (Å²) in [5.74, 6) is 0.234. The third kappa shape index (κ3) is 33.7. The van der Waals surface area contributed by atoms with E-state index in [9.17, 15) is 19.2 Å². The number of esters is 4. The third-order valence-electron chi connectivity index (χ3n) is 15.8. The Labute approximate surface area is 444 Å². The van der Waals surface area contributed by atoms with Gasteiger partial charge in [0.1, 0.15) is 18.2 Å². The van der Waals surface area contributed by atoms with Crippen molar-refractivity contribution >= 4 is 23.9 Å². The van der Waals surface area contributed by atoms with E-state index in [1.165, 1.54) is 135 Å². The molecule has 0 N–H and O–H groups in total. The summed E-state index contributed by atoms with van der Waals surface area (Å²) in [5, 5.41) is 0. The van der Waals surface area contributed by atoms with E-state index in [0.717, 1.165) is 135 Å². The highest BCUT2D eigenvalue weighted by Gasteiger charge is 2.39. The van der Waals surface area contributed by atoms with Crippen molar-refractivity contribution in [2.45, 2.75) is 317 Å². The van der Waals surface area contributed by atoms with Crippen molar-refractivity contribution in [1.29, 1.82) is 0 Å². The summed E-state index contributed by atoms with van der Waals surface area (Å²) in [7, 11) is 0. The molecule has 72 heavy (non-hydrogen) atoms. The van der Waals surface area contributed by atoms with Crippen LogP contribution in [0.1, 0.15) is 298 Å².